The van der Waals surface area contributed by atoms with Crippen molar-refractivity contribution in [2.75, 3.05) is 6.54 Å². The first kappa shape index (κ1) is 20.8. The molecule has 0 atom stereocenters. The molecule has 0 aliphatic heterocycles. The van der Waals surface area contributed by atoms with Gasteiger partial charge >= 0.3 is 0 Å². The molecule has 0 fully saturated rings. The molecular weight excluding hydrogens is 358 g/mol. The number of hydrogen-bond donors (Lipinski definition) is 2. The zero-order valence-corrected chi connectivity index (χ0v) is 15.9. The Kier molecular flexibility index (Phi) is 7.45. The van der Waals surface area contributed by atoms with Crippen molar-refractivity contribution < 1.29 is 14.5 Å². The molecule has 0 saturated heterocycles. The fourth-order valence-corrected chi connectivity index (χ4v) is 2.54. The van der Waals surface area contributed by atoms with Crippen molar-refractivity contribution in [2.45, 2.75) is 26.7 Å². The average molecular weight is 381 g/mol. The van der Waals surface area contributed by atoms with Crippen molar-refractivity contribution in [3.8, 4) is 0 Å². The van der Waals surface area contributed by atoms with Crippen LogP contribution in [0.3, 0.4) is 0 Å². The number of benzene rings is 2. The van der Waals surface area contributed by atoms with Gasteiger partial charge in [0.25, 0.3) is 17.5 Å². The molecule has 0 spiro atoms. The van der Waals surface area contributed by atoms with Gasteiger partial charge in [-0.3, -0.25) is 19.7 Å². The first-order valence-corrected chi connectivity index (χ1v) is 9.03. The van der Waals surface area contributed by atoms with Crippen LogP contribution in [-0.2, 0) is 4.79 Å². The van der Waals surface area contributed by atoms with E-state index in [1.54, 1.807) is 31.2 Å². The van der Waals surface area contributed by atoms with Gasteiger partial charge in [0, 0.05) is 24.2 Å². The normalized spacial score (nSPS) is 11.0. The van der Waals surface area contributed by atoms with Crippen molar-refractivity contribution >= 4 is 23.6 Å². The lowest BCUT2D eigenvalue weighted by molar-refractivity contribution is -0.384. The number of rotatable bonds is 8. The Bertz CT molecular complexity index is 906. The lowest BCUT2D eigenvalue weighted by Crippen LogP contribution is -2.35. The van der Waals surface area contributed by atoms with Crippen LogP contribution in [0, 0.1) is 17.0 Å². The average Bonchev–Trinajstić information content (AvgIpc) is 2.68. The van der Waals surface area contributed by atoms with E-state index in [9.17, 15) is 19.7 Å². The number of hydrogen-bond acceptors (Lipinski definition) is 4. The van der Waals surface area contributed by atoms with Crippen LogP contribution in [0.5, 0.6) is 0 Å². The van der Waals surface area contributed by atoms with Gasteiger partial charge in [-0.1, -0.05) is 43.7 Å². The molecular formula is C21H23N3O4. The number of non-ortho nitro benzene ring substituents is 1. The molecule has 0 saturated carbocycles. The van der Waals surface area contributed by atoms with E-state index in [1.165, 1.54) is 24.3 Å². The minimum atomic E-state index is -0.510. The molecule has 0 radical (unpaired) electrons. The highest BCUT2D eigenvalue weighted by Crippen LogP contribution is 2.16. The lowest BCUT2D eigenvalue weighted by Gasteiger charge is -2.12. The van der Waals surface area contributed by atoms with Crippen LogP contribution in [0.15, 0.2) is 54.2 Å². The van der Waals surface area contributed by atoms with E-state index in [4.69, 9.17) is 0 Å². The van der Waals surface area contributed by atoms with E-state index in [2.05, 4.69) is 10.6 Å². The third-order valence-corrected chi connectivity index (χ3v) is 4.09. The highest BCUT2D eigenvalue weighted by Gasteiger charge is 2.16. The molecule has 7 heteroatoms. The third kappa shape index (κ3) is 5.77. The molecule has 2 rings (SSSR count). The smallest absolute Gasteiger partial charge is 0.270 e. The number of unbranched alkanes of at least 4 members (excludes halogenated alkanes) is 1. The molecule has 2 amide bonds. The standard InChI is InChI=1S/C21H23N3O4/c1-3-4-12-22-21(26)19(14-16-9-7-10-17(13-16)24(27)28)23-20(25)18-11-6-5-8-15(18)2/h5-11,13-14H,3-4,12H2,1-2H3,(H,22,26)(H,23,25). The summed E-state index contributed by atoms with van der Waals surface area (Å²) >= 11 is 0. The van der Waals surface area contributed by atoms with E-state index in [-0.39, 0.29) is 11.4 Å². The summed E-state index contributed by atoms with van der Waals surface area (Å²) in [7, 11) is 0. The van der Waals surface area contributed by atoms with Crippen LogP contribution in [0.1, 0.15) is 41.3 Å². The van der Waals surface area contributed by atoms with Crippen LogP contribution < -0.4 is 10.6 Å². The van der Waals surface area contributed by atoms with Gasteiger partial charge in [-0.2, -0.15) is 0 Å². The number of nitrogens with one attached hydrogen (secondary N) is 2. The first-order valence-electron chi connectivity index (χ1n) is 9.03. The fraction of sp³-hybridized carbons (Fsp3) is 0.238. The van der Waals surface area contributed by atoms with Gasteiger partial charge in [0.15, 0.2) is 0 Å². The molecule has 0 bridgehead atoms. The van der Waals surface area contributed by atoms with Gasteiger partial charge in [-0.05, 0) is 36.6 Å². The Labute approximate surface area is 163 Å². The predicted molar refractivity (Wildman–Crippen MR) is 108 cm³/mol. The topological polar surface area (TPSA) is 101 Å². The monoisotopic (exact) mass is 381 g/mol. The maximum absolute atomic E-state index is 12.6. The molecule has 0 aliphatic carbocycles. The Hall–Kier alpha value is -3.48. The van der Waals surface area contributed by atoms with Crippen LogP contribution in [0.25, 0.3) is 6.08 Å². The Morgan fingerprint density at radius 1 is 1.14 bits per heavy atom. The zero-order chi connectivity index (χ0) is 20.5. The summed E-state index contributed by atoms with van der Waals surface area (Å²) in [5.41, 5.74) is 1.62. The number of amides is 2. The van der Waals surface area contributed by atoms with E-state index in [0.717, 1.165) is 18.4 Å². The van der Waals surface area contributed by atoms with Gasteiger partial charge in [0.1, 0.15) is 5.70 Å². The Balaban J connectivity index is 2.32. The van der Waals surface area contributed by atoms with Crippen LogP contribution in [0.2, 0.25) is 0 Å². The second kappa shape index (κ2) is 10.0. The molecule has 28 heavy (non-hydrogen) atoms. The second-order valence-electron chi connectivity index (χ2n) is 6.29. The van der Waals surface area contributed by atoms with Crippen molar-refractivity contribution in [2.24, 2.45) is 0 Å². The van der Waals surface area contributed by atoms with Crippen molar-refractivity contribution in [1.29, 1.82) is 0 Å². The highest BCUT2D eigenvalue weighted by atomic mass is 16.6. The maximum Gasteiger partial charge on any atom is 0.270 e. The van der Waals surface area contributed by atoms with E-state index in [1.807, 2.05) is 13.0 Å². The number of carbonyl (C=O) groups excluding carboxylic acids is 2. The van der Waals surface area contributed by atoms with Crippen LogP contribution in [0.4, 0.5) is 5.69 Å². The summed E-state index contributed by atoms with van der Waals surface area (Å²) in [6, 6.07) is 12.9. The summed E-state index contributed by atoms with van der Waals surface area (Å²) in [4.78, 5) is 35.7. The minimum absolute atomic E-state index is 0.0323. The minimum Gasteiger partial charge on any atom is -0.351 e. The van der Waals surface area contributed by atoms with Gasteiger partial charge < -0.3 is 10.6 Å². The summed E-state index contributed by atoms with van der Waals surface area (Å²) in [6.07, 6.45) is 3.16. The van der Waals surface area contributed by atoms with Crippen LogP contribution >= 0.6 is 0 Å². The molecule has 0 aromatic heterocycles. The molecule has 7 nitrogen and oxygen atoms in total. The van der Waals surface area contributed by atoms with Crippen LogP contribution in [-0.4, -0.2) is 23.3 Å². The quantitative estimate of drug-likeness (QED) is 0.316. The fourth-order valence-electron chi connectivity index (χ4n) is 2.54. The van der Waals surface area contributed by atoms with Gasteiger partial charge in [-0.15, -0.1) is 0 Å². The van der Waals surface area contributed by atoms with Crippen molar-refractivity contribution in [3.05, 3.63) is 81.0 Å². The largest absolute Gasteiger partial charge is 0.351 e. The molecule has 2 aromatic rings. The summed E-state index contributed by atoms with van der Waals surface area (Å²) in [5, 5.41) is 16.4. The molecule has 0 aliphatic rings. The van der Waals surface area contributed by atoms with Crippen molar-refractivity contribution in [3.63, 3.8) is 0 Å². The number of nitro groups is 1. The van der Waals surface area contributed by atoms with E-state index < -0.39 is 16.7 Å². The molecule has 0 heterocycles. The molecule has 146 valence electrons. The lowest BCUT2D eigenvalue weighted by atomic mass is 10.1. The van der Waals surface area contributed by atoms with Gasteiger partial charge in [0.2, 0.25) is 0 Å². The second-order valence-corrected chi connectivity index (χ2v) is 6.29. The SMILES string of the molecule is CCCCNC(=O)C(=Cc1cccc([N+](=O)[O-])c1)NC(=O)c1ccccc1C. The van der Waals surface area contributed by atoms with Gasteiger partial charge in [-0.25, -0.2) is 0 Å². The third-order valence-electron chi connectivity index (χ3n) is 4.09. The van der Waals surface area contributed by atoms with E-state index in [0.29, 0.717) is 17.7 Å². The first-order chi connectivity index (χ1) is 13.4. The number of carbonyl (C=O) groups is 2. The molecule has 2 N–H and O–H groups in total. The summed E-state index contributed by atoms with van der Waals surface area (Å²) < 4.78 is 0. The summed E-state index contributed by atoms with van der Waals surface area (Å²) in [5.74, 6) is -0.859. The number of aryl methyl sites for hydroxylation is 1. The predicted octanol–water partition coefficient (Wildman–Crippen LogP) is 3.59. The summed E-state index contributed by atoms with van der Waals surface area (Å²) in [6.45, 7) is 4.29. The maximum atomic E-state index is 12.6. The Morgan fingerprint density at radius 2 is 1.89 bits per heavy atom. The zero-order valence-electron chi connectivity index (χ0n) is 15.9. The molecule has 2 aromatic carbocycles. The number of nitro benzene ring substituents is 1. The van der Waals surface area contributed by atoms with E-state index >= 15 is 0 Å². The molecule has 0 unspecified atom stereocenters. The van der Waals surface area contributed by atoms with Crippen molar-refractivity contribution in [1.82, 2.24) is 10.6 Å². The number of nitrogens with zero attached hydrogens (tertiary/aromatic N) is 1. The van der Waals surface area contributed by atoms with Gasteiger partial charge in [0.05, 0.1) is 4.92 Å². The highest BCUT2D eigenvalue weighted by molar-refractivity contribution is 6.05. The Morgan fingerprint density at radius 3 is 2.57 bits per heavy atom.